The largest absolute Gasteiger partial charge is 0.477 e. The summed E-state index contributed by atoms with van der Waals surface area (Å²) in [5, 5.41) is 8.77. The van der Waals surface area contributed by atoms with E-state index in [1.807, 2.05) is 12.1 Å². The van der Waals surface area contributed by atoms with Crippen molar-refractivity contribution in [3.63, 3.8) is 0 Å². The molecular formula is C18H24N4OS. The van der Waals surface area contributed by atoms with Gasteiger partial charge in [-0.25, -0.2) is 4.98 Å². The first kappa shape index (κ1) is 16.8. The summed E-state index contributed by atoms with van der Waals surface area (Å²) in [4.78, 5) is 9.91. The Kier molecular flexibility index (Phi) is 6.07. The smallest absolute Gasteiger partial charge is 0.213 e. The van der Waals surface area contributed by atoms with Gasteiger partial charge in [0.05, 0.1) is 6.61 Å². The molecule has 0 aliphatic heterocycles. The van der Waals surface area contributed by atoms with Crippen LogP contribution < -0.4 is 15.4 Å². The SMILES string of the molecule is CN=C(NCCc1cccs1)NCc1ccnc(OCC2CC2)c1. The van der Waals surface area contributed by atoms with E-state index < -0.39 is 0 Å². The maximum absolute atomic E-state index is 5.73. The maximum Gasteiger partial charge on any atom is 0.213 e. The first-order valence-corrected chi connectivity index (χ1v) is 9.26. The topological polar surface area (TPSA) is 58.5 Å². The van der Waals surface area contributed by atoms with Crippen LogP contribution in [0.15, 0.2) is 40.8 Å². The van der Waals surface area contributed by atoms with Gasteiger partial charge in [0.15, 0.2) is 5.96 Å². The third-order valence-electron chi connectivity index (χ3n) is 3.89. The van der Waals surface area contributed by atoms with Crippen LogP contribution in [0.1, 0.15) is 23.3 Å². The summed E-state index contributed by atoms with van der Waals surface area (Å²) in [5.74, 6) is 2.26. The second-order valence-electron chi connectivity index (χ2n) is 5.94. The zero-order valence-electron chi connectivity index (χ0n) is 14.0. The molecule has 0 amide bonds. The average Bonchev–Trinajstić information content (AvgIpc) is 3.30. The van der Waals surface area contributed by atoms with E-state index in [4.69, 9.17) is 4.74 Å². The molecule has 1 aliphatic rings. The van der Waals surface area contributed by atoms with Gasteiger partial charge in [-0.3, -0.25) is 4.99 Å². The molecule has 24 heavy (non-hydrogen) atoms. The van der Waals surface area contributed by atoms with Crippen LogP contribution in [-0.2, 0) is 13.0 Å². The Bertz CT molecular complexity index is 653. The second-order valence-corrected chi connectivity index (χ2v) is 6.97. The van der Waals surface area contributed by atoms with Crippen molar-refractivity contribution in [3.8, 4) is 5.88 Å². The minimum absolute atomic E-state index is 0.695. The molecule has 0 bridgehead atoms. The highest BCUT2D eigenvalue weighted by molar-refractivity contribution is 7.09. The number of ether oxygens (including phenoxy) is 1. The number of nitrogens with zero attached hydrogens (tertiary/aromatic N) is 2. The van der Waals surface area contributed by atoms with Crippen molar-refractivity contribution >= 4 is 17.3 Å². The molecule has 0 saturated heterocycles. The van der Waals surface area contributed by atoms with E-state index in [1.54, 1.807) is 24.6 Å². The van der Waals surface area contributed by atoms with Gasteiger partial charge >= 0.3 is 0 Å². The van der Waals surface area contributed by atoms with Crippen molar-refractivity contribution in [1.29, 1.82) is 0 Å². The fraction of sp³-hybridized carbons (Fsp3) is 0.444. The van der Waals surface area contributed by atoms with Crippen LogP contribution in [0.3, 0.4) is 0 Å². The summed E-state index contributed by atoms with van der Waals surface area (Å²) < 4.78 is 5.73. The van der Waals surface area contributed by atoms with E-state index in [-0.39, 0.29) is 0 Å². The molecule has 0 radical (unpaired) electrons. The summed E-state index contributed by atoms with van der Waals surface area (Å²) in [5.41, 5.74) is 1.14. The van der Waals surface area contributed by atoms with Gasteiger partial charge < -0.3 is 15.4 Å². The molecule has 0 atom stereocenters. The Labute approximate surface area is 147 Å². The number of thiophene rings is 1. The maximum atomic E-state index is 5.73. The lowest BCUT2D eigenvalue weighted by atomic mass is 10.2. The zero-order valence-corrected chi connectivity index (χ0v) is 14.8. The highest BCUT2D eigenvalue weighted by Crippen LogP contribution is 2.29. The number of pyridine rings is 1. The third kappa shape index (κ3) is 5.53. The number of hydrogen-bond donors (Lipinski definition) is 2. The van der Waals surface area contributed by atoms with Crippen molar-refractivity contribution in [1.82, 2.24) is 15.6 Å². The minimum atomic E-state index is 0.695. The fourth-order valence-corrected chi connectivity index (χ4v) is 3.00. The highest BCUT2D eigenvalue weighted by atomic mass is 32.1. The molecule has 0 spiro atoms. The van der Waals surface area contributed by atoms with Gasteiger partial charge in [0.1, 0.15) is 0 Å². The molecule has 3 rings (SSSR count). The second kappa shape index (κ2) is 8.68. The van der Waals surface area contributed by atoms with E-state index in [1.165, 1.54) is 17.7 Å². The molecule has 2 aromatic heterocycles. The van der Waals surface area contributed by atoms with E-state index in [0.717, 1.165) is 37.0 Å². The number of nitrogens with one attached hydrogen (secondary N) is 2. The first-order chi connectivity index (χ1) is 11.8. The third-order valence-corrected chi connectivity index (χ3v) is 4.83. The quantitative estimate of drug-likeness (QED) is 0.571. The van der Waals surface area contributed by atoms with Crippen LogP contribution >= 0.6 is 11.3 Å². The lowest BCUT2D eigenvalue weighted by molar-refractivity contribution is 0.288. The predicted molar refractivity (Wildman–Crippen MR) is 98.7 cm³/mol. The Morgan fingerprint density at radius 3 is 3.04 bits per heavy atom. The highest BCUT2D eigenvalue weighted by Gasteiger charge is 2.22. The monoisotopic (exact) mass is 344 g/mol. The Hall–Kier alpha value is -2.08. The molecular weight excluding hydrogens is 320 g/mol. The van der Waals surface area contributed by atoms with Gasteiger partial charge in [0.2, 0.25) is 5.88 Å². The lowest BCUT2D eigenvalue weighted by Crippen LogP contribution is -2.37. The van der Waals surface area contributed by atoms with Crippen LogP contribution in [-0.4, -0.2) is 31.1 Å². The fourth-order valence-electron chi connectivity index (χ4n) is 2.29. The lowest BCUT2D eigenvalue weighted by Gasteiger charge is -2.12. The molecule has 0 unspecified atom stereocenters. The van der Waals surface area contributed by atoms with E-state index in [2.05, 4.69) is 38.1 Å². The molecule has 1 saturated carbocycles. The van der Waals surface area contributed by atoms with Gasteiger partial charge in [-0.2, -0.15) is 0 Å². The van der Waals surface area contributed by atoms with Crippen LogP contribution in [0.4, 0.5) is 0 Å². The number of aromatic nitrogens is 1. The molecule has 6 heteroatoms. The molecule has 2 N–H and O–H groups in total. The normalized spacial score (nSPS) is 14.5. The molecule has 1 fully saturated rings. The molecule has 2 heterocycles. The summed E-state index contributed by atoms with van der Waals surface area (Å²) in [6.45, 7) is 2.35. The van der Waals surface area contributed by atoms with E-state index >= 15 is 0 Å². The first-order valence-electron chi connectivity index (χ1n) is 8.38. The van der Waals surface area contributed by atoms with E-state index in [9.17, 15) is 0 Å². The van der Waals surface area contributed by atoms with Gasteiger partial charge in [0, 0.05) is 37.3 Å². The standard InChI is InChI=1S/C18H24N4OS/c1-19-18(21-9-7-16-3-2-10-24-16)22-12-15-6-8-20-17(11-15)23-13-14-4-5-14/h2-3,6,8,10-11,14H,4-5,7,9,12-13H2,1H3,(H2,19,21,22). The summed E-state index contributed by atoms with van der Waals surface area (Å²) in [6.07, 6.45) is 5.38. The van der Waals surface area contributed by atoms with Gasteiger partial charge in [-0.15, -0.1) is 11.3 Å². The summed E-state index contributed by atoms with van der Waals surface area (Å²) >= 11 is 1.78. The number of aliphatic imine (C=N–C) groups is 1. The summed E-state index contributed by atoms with van der Waals surface area (Å²) in [7, 11) is 1.79. The molecule has 0 aromatic carbocycles. The predicted octanol–water partition coefficient (Wildman–Crippen LogP) is 2.84. The van der Waals surface area contributed by atoms with Crippen LogP contribution in [0.5, 0.6) is 5.88 Å². The van der Waals surface area contributed by atoms with Crippen molar-refractivity contribution < 1.29 is 4.74 Å². The zero-order chi connectivity index (χ0) is 16.6. The number of guanidine groups is 1. The van der Waals surface area contributed by atoms with Crippen molar-refractivity contribution in [2.75, 3.05) is 20.2 Å². The van der Waals surface area contributed by atoms with Gasteiger partial charge in [0.25, 0.3) is 0 Å². The average molecular weight is 344 g/mol. The number of hydrogen-bond acceptors (Lipinski definition) is 4. The van der Waals surface area contributed by atoms with Crippen molar-refractivity contribution in [3.05, 3.63) is 46.3 Å². The molecule has 128 valence electrons. The Morgan fingerprint density at radius 2 is 2.29 bits per heavy atom. The molecule has 2 aromatic rings. The molecule has 5 nitrogen and oxygen atoms in total. The van der Waals surface area contributed by atoms with Crippen LogP contribution in [0.25, 0.3) is 0 Å². The van der Waals surface area contributed by atoms with Crippen LogP contribution in [0.2, 0.25) is 0 Å². The van der Waals surface area contributed by atoms with Gasteiger partial charge in [-0.1, -0.05) is 6.07 Å². The summed E-state index contributed by atoms with van der Waals surface area (Å²) in [6, 6.07) is 8.23. The number of rotatable bonds is 8. The van der Waals surface area contributed by atoms with Crippen molar-refractivity contribution in [2.24, 2.45) is 10.9 Å². The van der Waals surface area contributed by atoms with Gasteiger partial charge in [-0.05, 0) is 48.3 Å². The Balaban J connectivity index is 1.41. The van der Waals surface area contributed by atoms with Crippen LogP contribution in [0, 0.1) is 5.92 Å². The molecule has 1 aliphatic carbocycles. The minimum Gasteiger partial charge on any atom is -0.477 e. The van der Waals surface area contributed by atoms with Crippen molar-refractivity contribution in [2.45, 2.75) is 25.8 Å². The van der Waals surface area contributed by atoms with E-state index in [0.29, 0.717) is 12.4 Å². The Morgan fingerprint density at radius 1 is 1.38 bits per heavy atom.